The van der Waals surface area contributed by atoms with Gasteiger partial charge in [0.2, 0.25) is 0 Å². The summed E-state index contributed by atoms with van der Waals surface area (Å²) in [7, 11) is 4.33. The standard InChI is InChI=1S/C15H30N2/c1-11(17(5)6)10-16-13-14(2,3)12-7-8-15(13,4)9-12/h11-13,16H,7-10H2,1-6H3/t11?,12-,13?,15+/m0/s1. The van der Waals surface area contributed by atoms with Crippen molar-refractivity contribution in [1.82, 2.24) is 10.2 Å². The monoisotopic (exact) mass is 238 g/mol. The van der Waals surface area contributed by atoms with Crippen LogP contribution in [0.3, 0.4) is 0 Å². The fraction of sp³-hybridized carbons (Fsp3) is 1.00. The summed E-state index contributed by atoms with van der Waals surface area (Å²) < 4.78 is 0. The van der Waals surface area contributed by atoms with Crippen LogP contribution in [0.25, 0.3) is 0 Å². The van der Waals surface area contributed by atoms with Crippen molar-refractivity contribution < 1.29 is 0 Å². The molecule has 4 atom stereocenters. The molecule has 2 fully saturated rings. The van der Waals surface area contributed by atoms with Crippen molar-refractivity contribution in [1.29, 1.82) is 0 Å². The second-order valence-electron chi connectivity index (χ2n) is 7.57. The van der Waals surface area contributed by atoms with Gasteiger partial charge in [-0.3, -0.25) is 0 Å². The van der Waals surface area contributed by atoms with Crippen LogP contribution in [0.15, 0.2) is 0 Å². The second kappa shape index (κ2) is 4.24. The Morgan fingerprint density at radius 2 is 1.94 bits per heavy atom. The molecule has 0 spiro atoms. The molecule has 0 aliphatic heterocycles. The van der Waals surface area contributed by atoms with Crippen LogP contribution in [0.4, 0.5) is 0 Å². The predicted octanol–water partition coefficient (Wildman–Crippen LogP) is 2.74. The lowest BCUT2D eigenvalue weighted by Crippen LogP contribution is -2.53. The molecule has 0 aromatic carbocycles. The highest BCUT2D eigenvalue weighted by Gasteiger charge is 2.58. The van der Waals surface area contributed by atoms with Crippen LogP contribution in [-0.4, -0.2) is 37.6 Å². The van der Waals surface area contributed by atoms with E-state index >= 15 is 0 Å². The largest absolute Gasteiger partial charge is 0.311 e. The molecule has 2 rings (SSSR count). The van der Waals surface area contributed by atoms with Gasteiger partial charge >= 0.3 is 0 Å². The first kappa shape index (κ1) is 13.4. The normalized spacial score (nSPS) is 41.1. The fourth-order valence-electron chi connectivity index (χ4n) is 4.28. The topological polar surface area (TPSA) is 15.3 Å². The van der Waals surface area contributed by atoms with E-state index in [9.17, 15) is 0 Å². The SMILES string of the molecule is CC(CNC1C(C)(C)[C@H]2CC[C@]1(C)C2)N(C)C. The van der Waals surface area contributed by atoms with E-state index < -0.39 is 0 Å². The molecule has 2 unspecified atom stereocenters. The molecular formula is C15H30N2. The number of likely N-dealkylation sites (N-methyl/N-ethyl adjacent to an activating group) is 1. The van der Waals surface area contributed by atoms with Crippen LogP contribution in [0.5, 0.6) is 0 Å². The number of nitrogens with zero attached hydrogens (tertiary/aromatic N) is 1. The average molecular weight is 238 g/mol. The van der Waals surface area contributed by atoms with E-state index in [0.29, 0.717) is 22.9 Å². The fourth-order valence-corrected chi connectivity index (χ4v) is 4.28. The molecule has 2 nitrogen and oxygen atoms in total. The second-order valence-corrected chi connectivity index (χ2v) is 7.57. The molecular weight excluding hydrogens is 208 g/mol. The van der Waals surface area contributed by atoms with Crippen molar-refractivity contribution in [3.8, 4) is 0 Å². The zero-order valence-electron chi connectivity index (χ0n) is 12.5. The first-order valence-corrected chi connectivity index (χ1v) is 7.17. The van der Waals surface area contributed by atoms with Gasteiger partial charge in [-0.2, -0.15) is 0 Å². The third kappa shape index (κ3) is 2.15. The Morgan fingerprint density at radius 3 is 2.41 bits per heavy atom. The first-order valence-electron chi connectivity index (χ1n) is 7.17. The molecule has 0 amide bonds. The van der Waals surface area contributed by atoms with Gasteiger partial charge in [-0.15, -0.1) is 0 Å². The minimum Gasteiger partial charge on any atom is -0.311 e. The first-order chi connectivity index (χ1) is 7.77. The highest BCUT2D eigenvalue weighted by atomic mass is 15.1. The van der Waals surface area contributed by atoms with Crippen LogP contribution >= 0.6 is 0 Å². The third-order valence-electron chi connectivity index (χ3n) is 5.77. The maximum absolute atomic E-state index is 3.88. The summed E-state index contributed by atoms with van der Waals surface area (Å²) in [5.41, 5.74) is 1.04. The number of hydrogen-bond acceptors (Lipinski definition) is 2. The third-order valence-corrected chi connectivity index (χ3v) is 5.77. The molecule has 0 heterocycles. The molecule has 2 bridgehead atoms. The quantitative estimate of drug-likeness (QED) is 0.810. The molecule has 0 aromatic heterocycles. The molecule has 17 heavy (non-hydrogen) atoms. The molecule has 2 heteroatoms. The summed E-state index contributed by atoms with van der Waals surface area (Å²) in [5, 5.41) is 3.88. The van der Waals surface area contributed by atoms with Crippen molar-refractivity contribution in [2.75, 3.05) is 20.6 Å². The van der Waals surface area contributed by atoms with Crippen molar-refractivity contribution in [3.63, 3.8) is 0 Å². The highest BCUT2D eigenvalue weighted by molar-refractivity contribution is 5.12. The molecule has 0 saturated heterocycles. The Kier molecular flexibility index (Phi) is 3.33. The molecule has 0 aromatic rings. The Labute approximate surface area is 107 Å². The number of hydrogen-bond donors (Lipinski definition) is 1. The van der Waals surface area contributed by atoms with Crippen LogP contribution in [0.1, 0.15) is 47.0 Å². The zero-order chi connectivity index (χ0) is 12.8. The van der Waals surface area contributed by atoms with E-state index in [4.69, 9.17) is 0 Å². The van der Waals surface area contributed by atoms with E-state index in [2.05, 4.69) is 52.0 Å². The maximum Gasteiger partial charge on any atom is 0.0186 e. The summed E-state index contributed by atoms with van der Waals surface area (Å²) >= 11 is 0. The summed E-state index contributed by atoms with van der Waals surface area (Å²) in [6.45, 7) is 10.9. The molecule has 100 valence electrons. The summed E-state index contributed by atoms with van der Waals surface area (Å²) in [5.74, 6) is 0.944. The molecule has 2 aliphatic carbocycles. The van der Waals surface area contributed by atoms with Crippen molar-refractivity contribution in [3.05, 3.63) is 0 Å². The van der Waals surface area contributed by atoms with E-state index in [1.807, 2.05) is 0 Å². The lowest BCUT2D eigenvalue weighted by Gasteiger charge is -2.44. The van der Waals surface area contributed by atoms with Crippen LogP contribution in [-0.2, 0) is 0 Å². The highest BCUT2D eigenvalue weighted by Crippen LogP contribution is 2.62. The van der Waals surface area contributed by atoms with Gasteiger partial charge in [0.05, 0.1) is 0 Å². The Morgan fingerprint density at radius 1 is 1.29 bits per heavy atom. The van der Waals surface area contributed by atoms with E-state index in [1.54, 1.807) is 0 Å². The van der Waals surface area contributed by atoms with E-state index in [1.165, 1.54) is 19.3 Å². The molecule has 2 aliphatic rings. The van der Waals surface area contributed by atoms with Gasteiger partial charge in [-0.25, -0.2) is 0 Å². The van der Waals surface area contributed by atoms with Crippen molar-refractivity contribution >= 4 is 0 Å². The Hall–Kier alpha value is -0.0800. The summed E-state index contributed by atoms with van der Waals surface area (Å²) in [6.07, 6.45) is 4.31. The van der Waals surface area contributed by atoms with E-state index in [-0.39, 0.29) is 0 Å². The van der Waals surface area contributed by atoms with Gasteiger partial charge in [0, 0.05) is 18.6 Å². The van der Waals surface area contributed by atoms with Gasteiger partial charge < -0.3 is 10.2 Å². The van der Waals surface area contributed by atoms with Crippen molar-refractivity contribution in [2.45, 2.75) is 59.0 Å². The Bertz CT molecular complexity index is 280. The summed E-state index contributed by atoms with van der Waals surface area (Å²) in [6, 6.07) is 1.32. The van der Waals surface area contributed by atoms with E-state index in [0.717, 1.165) is 12.5 Å². The van der Waals surface area contributed by atoms with Crippen molar-refractivity contribution in [2.24, 2.45) is 16.7 Å². The summed E-state index contributed by atoms with van der Waals surface area (Å²) in [4.78, 5) is 2.30. The minimum absolute atomic E-state index is 0.485. The minimum atomic E-state index is 0.485. The predicted molar refractivity (Wildman–Crippen MR) is 74.2 cm³/mol. The molecule has 2 saturated carbocycles. The van der Waals surface area contributed by atoms with Gasteiger partial charge in [0.25, 0.3) is 0 Å². The van der Waals surface area contributed by atoms with Gasteiger partial charge in [-0.1, -0.05) is 20.8 Å². The smallest absolute Gasteiger partial charge is 0.0186 e. The average Bonchev–Trinajstić information content (AvgIpc) is 2.68. The van der Waals surface area contributed by atoms with Crippen LogP contribution < -0.4 is 5.32 Å². The zero-order valence-corrected chi connectivity index (χ0v) is 12.5. The van der Waals surface area contributed by atoms with Gasteiger partial charge in [0.15, 0.2) is 0 Å². The van der Waals surface area contributed by atoms with Gasteiger partial charge in [-0.05, 0) is 57.0 Å². The lowest BCUT2D eigenvalue weighted by molar-refractivity contribution is 0.103. The van der Waals surface area contributed by atoms with Gasteiger partial charge in [0.1, 0.15) is 0 Å². The molecule has 0 radical (unpaired) electrons. The number of nitrogens with one attached hydrogen (secondary N) is 1. The number of rotatable bonds is 4. The van der Waals surface area contributed by atoms with Crippen LogP contribution in [0.2, 0.25) is 0 Å². The van der Waals surface area contributed by atoms with Crippen LogP contribution in [0, 0.1) is 16.7 Å². The Balaban J connectivity index is 2.00. The number of fused-ring (bicyclic) bond motifs is 2. The maximum atomic E-state index is 3.88. The lowest BCUT2D eigenvalue weighted by atomic mass is 9.68. The molecule has 1 N–H and O–H groups in total.